The van der Waals surface area contributed by atoms with E-state index in [0.29, 0.717) is 18.9 Å². The fourth-order valence-corrected chi connectivity index (χ4v) is 0.814. The van der Waals surface area contributed by atoms with Crippen LogP contribution in [0.5, 0.6) is 0 Å². The molecule has 1 fully saturated rings. The number of Topliss-reactive ketones (excluding diaryl/α,β-unsaturated/α-hetero) is 1. The van der Waals surface area contributed by atoms with Gasteiger partial charge in [-0.3, -0.25) is 9.46 Å². The van der Waals surface area contributed by atoms with E-state index in [1.807, 2.05) is 4.67 Å². The minimum absolute atomic E-state index is 0.338. The van der Waals surface area contributed by atoms with Gasteiger partial charge in [-0.1, -0.05) is 9.39 Å². The number of hydrogen-bond acceptors (Lipinski definition) is 2. The van der Waals surface area contributed by atoms with Gasteiger partial charge in [0.25, 0.3) is 0 Å². The molecule has 3 heteroatoms. The molecule has 0 radical (unpaired) electrons. The van der Waals surface area contributed by atoms with Crippen molar-refractivity contribution in [2.45, 2.75) is 0 Å². The lowest BCUT2D eigenvalue weighted by Crippen LogP contribution is -2.39. The van der Waals surface area contributed by atoms with Gasteiger partial charge in [0.1, 0.15) is 0 Å². The van der Waals surface area contributed by atoms with Crippen LogP contribution in [0.1, 0.15) is 0 Å². The molecule has 1 heterocycles. The van der Waals surface area contributed by atoms with E-state index >= 15 is 0 Å². The summed E-state index contributed by atoms with van der Waals surface area (Å²) in [5.41, 5.74) is 0. The lowest BCUT2D eigenvalue weighted by atomic mass is 10.3. The molecular formula is C3H6NOP. The Balaban J connectivity index is 2.28. The number of carbonyl (C=O) groups excluding carboxylic acids is 1. The zero-order valence-electron chi connectivity index (χ0n) is 3.35. The molecule has 0 N–H and O–H groups in total. The van der Waals surface area contributed by atoms with E-state index < -0.39 is 0 Å². The van der Waals surface area contributed by atoms with Crippen molar-refractivity contribution in [1.29, 1.82) is 0 Å². The largest absolute Gasteiger partial charge is 0.297 e. The highest BCUT2D eigenvalue weighted by Gasteiger charge is 2.17. The van der Waals surface area contributed by atoms with Crippen LogP contribution in [0.4, 0.5) is 0 Å². The van der Waals surface area contributed by atoms with E-state index in [9.17, 15) is 4.79 Å². The molecule has 0 amide bonds. The number of nitrogens with zero attached hydrogens (tertiary/aromatic N) is 1. The van der Waals surface area contributed by atoms with Crippen LogP contribution in [0.2, 0.25) is 0 Å². The standard InChI is InChI=1S/C3H6NOP/c5-3-1-4(6)2-3/h1-2,6H2. The predicted molar refractivity (Wildman–Crippen MR) is 26.3 cm³/mol. The Bertz CT molecular complexity index is 74.9. The summed E-state index contributed by atoms with van der Waals surface area (Å²) < 4.78 is 1.89. The highest BCUT2D eigenvalue weighted by Crippen LogP contribution is 2.05. The average molecular weight is 103 g/mol. The quantitative estimate of drug-likeness (QED) is 0.391. The summed E-state index contributed by atoms with van der Waals surface area (Å²) in [6, 6.07) is 0. The first-order chi connectivity index (χ1) is 2.79. The zero-order chi connectivity index (χ0) is 4.57. The molecule has 0 aliphatic carbocycles. The van der Waals surface area contributed by atoms with Crippen molar-refractivity contribution >= 4 is 15.2 Å². The molecule has 0 saturated carbocycles. The third-order valence-corrected chi connectivity index (χ3v) is 1.12. The third-order valence-electron chi connectivity index (χ3n) is 0.759. The molecule has 1 unspecified atom stereocenters. The molecule has 1 atom stereocenters. The van der Waals surface area contributed by atoms with E-state index in [0.717, 1.165) is 0 Å². The van der Waals surface area contributed by atoms with Crippen LogP contribution < -0.4 is 0 Å². The van der Waals surface area contributed by atoms with Crippen molar-refractivity contribution in [3.63, 3.8) is 0 Å². The summed E-state index contributed by atoms with van der Waals surface area (Å²) in [4.78, 5) is 10.1. The predicted octanol–water partition coefficient (Wildman–Crippen LogP) is -0.339. The lowest BCUT2D eigenvalue weighted by molar-refractivity contribution is -0.124. The van der Waals surface area contributed by atoms with Crippen LogP contribution in [0, 0.1) is 0 Å². The second-order valence-electron chi connectivity index (χ2n) is 1.44. The number of rotatable bonds is 0. The molecule has 1 saturated heterocycles. The molecular weight excluding hydrogens is 97.0 g/mol. The fraction of sp³-hybridized carbons (Fsp3) is 0.667. The molecule has 0 aromatic rings. The van der Waals surface area contributed by atoms with Gasteiger partial charge in [-0.25, -0.2) is 0 Å². The molecule has 1 aliphatic heterocycles. The van der Waals surface area contributed by atoms with Crippen molar-refractivity contribution in [2.75, 3.05) is 13.1 Å². The fourth-order valence-electron chi connectivity index (χ4n) is 0.407. The summed E-state index contributed by atoms with van der Waals surface area (Å²) in [5, 5.41) is 0. The van der Waals surface area contributed by atoms with Gasteiger partial charge in [0.2, 0.25) is 0 Å². The summed E-state index contributed by atoms with van der Waals surface area (Å²) in [6.07, 6.45) is 0. The van der Waals surface area contributed by atoms with Crippen LogP contribution in [-0.2, 0) is 4.79 Å². The van der Waals surface area contributed by atoms with Crippen LogP contribution in [0.25, 0.3) is 0 Å². The summed E-state index contributed by atoms with van der Waals surface area (Å²) in [6.45, 7) is 1.26. The molecule has 2 nitrogen and oxygen atoms in total. The molecule has 0 aromatic heterocycles. The Morgan fingerprint density at radius 2 is 2.17 bits per heavy atom. The highest BCUT2D eigenvalue weighted by atomic mass is 31.0. The normalized spacial score (nSPS) is 23.8. The van der Waals surface area contributed by atoms with Crippen molar-refractivity contribution in [2.24, 2.45) is 0 Å². The van der Waals surface area contributed by atoms with E-state index in [-0.39, 0.29) is 0 Å². The summed E-state index contributed by atoms with van der Waals surface area (Å²) in [5.74, 6) is 0.338. The van der Waals surface area contributed by atoms with Gasteiger partial charge in [0.05, 0.1) is 13.1 Å². The number of ketones is 1. The Morgan fingerprint density at radius 1 is 1.67 bits per heavy atom. The van der Waals surface area contributed by atoms with Gasteiger partial charge in [-0.05, 0) is 0 Å². The Morgan fingerprint density at radius 3 is 2.17 bits per heavy atom. The van der Waals surface area contributed by atoms with E-state index in [1.165, 1.54) is 0 Å². The van der Waals surface area contributed by atoms with E-state index in [2.05, 4.69) is 9.39 Å². The topological polar surface area (TPSA) is 20.3 Å². The molecule has 34 valence electrons. The van der Waals surface area contributed by atoms with Crippen molar-refractivity contribution in [1.82, 2.24) is 4.67 Å². The maximum Gasteiger partial charge on any atom is 0.161 e. The molecule has 1 rings (SSSR count). The van der Waals surface area contributed by atoms with Gasteiger partial charge in [-0.2, -0.15) is 0 Å². The van der Waals surface area contributed by atoms with E-state index in [1.54, 1.807) is 0 Å². The van der Waals surface area contributed by atoms with Gasteiger partial charge in [0, 0.05) is 0 Å². The van der Waals surface area contributed by atoms with Crippen molar-refractivity contribution in [3.05, 3.63) is 0 Å². The van der Waals surface area contributed by atoms with Crippen molar-refractivity contribution in [3.8, 4) is 0 Å². The minimum Gasteiger partial charge on any atom is -0.297 e. The van der Waals surface area contributed by atoms with Crippen LogP contribution in [0.15, 0.2) is 0 Å². The maximum absolute atomic E-state index is 10.1. The van der Waals surface area contributed by atoms with Crippen LogP contribution in [0.3, 0.4) is 0 Å². The van der Waals surface area contributed by atoms with Crippen molar-refractivity contribution < 1.29 is 4.79 Å². The van der Waals surface area contributed by atoms with E-state index in [4.69, 9.17) is 0 Å². The third kappa shape index (κ3) is 0.585. The molecule has 0 aromatic carbocycles. The smallest absolute Gasteiger partial charge is 0.161 e. The lowest BCUT2D eigenvalue weighted by Gasteiger charge is -2.22. The first-order valence-corrected chi connectivity index (χ1v) is 2.32. The second-order valence-corrected chi connectivity index (χ2v) is 2.17. The maximum atomic E-state index is 10.1. The first kappa shape index (κ1) is 4.23. The first-order valence-electron chi connectivity index (χ1n) is 1.80. The Hall–Kier alpha value is 0.0600. The highest BCUT2D eigenvalue weighted by molar-refractivity contribution is 7.13. The minimum atomic E-state index is 0.338. The molecule has 1 aliphatic rings. The molecule has 6 heavy (non-hydrogen) atoms. The zero-order valence-corrected chi connectivity index (χ0v) is 4.50. The summed E-state index contributed by atoms with van der Waals surface area (Å²) >= 11 is 0. The molecule has 0 spiro atoms. The Labute approximate surface area is 38.8 Å². The van der Waals surface area contributed by atoms with Gasteiger partial charge >= 0.3 is 0 Å². The Kier molecular flexibility index (Phi) is 0.904. The second kappa shape index (κ2) is 1.28. The molecule has 0 bridgehead atoms. The van der Waals surface area contributed by atoms with Crippen LogP contribution in [-0.4, -0.2) is 23.5 Å². The van der Waals surface area contributed by atoms with Crippen LogP contribution >= 0.6 is 9.39 Å². The number of hydrogen-bond donors (Lipinski definition) is 0. The number of carbonyl (C=O) groups is 1. The average Bonchev–Trinajstić information content (AvgIpc) is 1.33. The van der Waals surface area contributed by atoms with Gasteiger partial charge in [-0.15, -0.1) is 0 Å². The van der Waals surface area contributed by atoms with Gasteiger partial charge < -0.3 is 0 Å². The van der Waals surface area contributed by atoms with Gasteiger partial charge in [0.15, 0.2) is 5.78 Å². The summed E-state index contributed by atoms with van der Waals surface area (Å²) in [7, 11) is 2.46. The SMILES string of the molecule is O=C1CN(P)C1. The monoisotopic (exact) mass is 103 g/mol.